The van der Waals surface area contributed by atoms with Gasteiger partial charge in [0.05, 0.1) is 19.2 Å². The summed E-state index contributed by atoms with van der Waals surface area (Å²) < 4.78 is 18.5. The molecule has 2 N–H and O–H groups in total. The first-order valence-electron chi connectivity index (χ1n) is 6.49. The van der Waals surface area contributed by atoms with Crippen molar-refractivity contribution in [2.45, 2.75) is 31.8 Å². The molecule has 1 fully saturated rings. The Hall–Kier alpha value is -1.33. The van der Waals surface area contributed by atoms with Gasteiger partial charge in [0, 0.05) is 5.56 Å². The quantitative estimate of drug-likeness (QED) is 0.896. The van der Waals surface area contributed by atoms with Crippen molar-refractivity contribution < 1.29 is 13.9 Å². The molecule has 2 rings (SSSR count). The monoisotopic (exact) mass is 302 g/mol. The zero-order valence-electron chi connectivity index (χ0n) is 11.6. The standard InChI is InChI=1S/C14H19FN2O2.ClH/c1-9(17-14(18)12-4-3-7-16-12)11-8-10(15)5-6-13(11)19-2;/h5-6,8-9,12,16H,3-4,7H2,1-2H3,(H,17,18);1H/t9?,12-;/m0./s1. The number of carbonyl (C=O) groups is 1. The predicted octanol–water partition coefficient (Wildman–Crippen LogP) is 2.19. The average molecular weight is 303 g/mol. The van der Waals surface area contributed by atoms with Gasteiger partial charge in [0.15, 0.2) is 0 Å². The van der Waals surface area contributed by atoms with Crippen molar-refractivity contribution in [1.29, 1.82) is 0 Å². The zero-order chi connectivity index (χ0) is 13.8. The van der Waals surface area contributed by atoms with Crippen LogP contribution in [0.1, 0.15) is 31.4 Å². The zero-order valence-corrected chi connectivity index (χ0v) is 12.4. The lowest BCUT2D eigenvalue weighted by Crippen LogP contribution is -2.41. The summed E-state index contributed by atoms with van der Waals surface area (Å²) >= 11 is 0. The van der Waals surface area contributed by atoms with Crippen LogP contribution in [0.4, 0.5) is 4.39 Å². The van der Waals surface area contributed by atoms with Crippen molar-refractivity contribution in [3.8, 4) is 5.75 Å². The van der Waals surface area contributed by atoms with Gasteiger partial charge in [0.1, 0.15) is 11.6 Å². The summed E-state index contributed by atoms with van der Waals surface area (Å²) in [4.78, 5) is 12.0. The van der Waals surface area contributed by atoms with E-state index in [2.05, 4.69) is 10.6 Å². The molecule has 1 aliphatic rings. The molecule has 1 heterocycles. The Morgan fingerprint density at radius 2 is 2.30 bits per heavy atom. The molecule has 2 atom stereocenters. The van der Waals surface area contributed by atoms with Crippen LogP contribution in [-0.2, 0) is 4.79 Å². The largest absolute Gasteiger partial charge is 0.496 e. The van der Waals surface area contributed by atoms with Crippen molar-refractivity contribution in [2.75, 3.05) is 13.7 Å². The van der Waals surface area contributed by atoms with Crippen molar-refractivity contribution >= 4 is 18.3 Å². The summed E-state index contributed by atoms with van der Waals surface area (Å²) in [7, 11) is 1.53. The first kappa shape index (κ1) is 16.7. The highest BCUT2D eigenvalue weighted by Crippen LogP contribution is 2.26. The van der Waals surface area contributed by atoms with E-state index in [9.17, 15) is 9.18 Å². The van der Waals surface area contributed by atoms with E-state index < -0.39 is 0 Å². The van der Waals surface area contributed by atoms with Gasteiger partial charge in [0.25, 0.3) is 0 Å². The molecule has 4 nitrogen and oxygen atoms in total. The molecule has 0 saturated carbocycles. The molecule has 6 heteroatoms. The smallest absolute Gasteiger partial charge is 0.237 e. The minimum Gasteiger partial charge on any atom is -0.496 e. The fraction of sp³-hybridized carbons (Fsp3) is 0.500. The van der Waals surface area contributed by atoms with Crippen molar-refractivity contribution in [3.63, 3.8) is 0 Å². The van der Waals surface area contributed by atoms with Crippen molar-refractivity contribution in [1.82, 2.24) is 10.6 Å². The number of halogens is 2. The van der Waals surface area contributed by atoms with E-state index in [4.69, 9.17) is 4.74 Å². The van der Waals surface area contributed by atoms with Gasteiger partial charge in [-0.15, -0.1) is 12.4 Å². The fourth-order valence-electron chi connectivity index (χ4n) is 2.34. The Morgan fingerprint density at radius 1 is 1.55 bits per heavy atom. The molecule has 0 spiro atoms. The third-order valence-electron chi connectivity index (χ3n) is 3.39. The number of amides is 1. The van der Waals surface area contributed by atoms with Gasteiger partial charge in [-0.3, -0.25) is 4.79 Å². The van der Waals surface area contributed by atoms with Crippen LogP contribution in [0.5, 0.6) is 5.75 Å². The van der Waals surface area contributed by atoms with Gasteiger partial charge >= 0.3 is 0 Å². The molecule has 1 aromatic carbocycles. The first-order valence-corrected chi connectivity index (χ1v) is 6.49. The number of carbonyl (C=O) groups excluding carboxylic acids is 1. The third-order valence-corrected chi connectivity index (χ3v) is 3.39. The van der Waals surface area contributed by atoms with E-state index in [0.717, 1.165) is 19.4 Å². The van der Waals surface area contributed by atoms with Crippen LogP contribution >= 0.6 is 12.4 Å². The summed E-state index contributed by atoms with van der Waals surface area (Å²) in [5.74, 6) is 0.195. The lowest BCUT2D eigenvalue weighted by Gasteiger charge is -2.19. The number of benzene rings is 1. The number of hydrogen-bond donors (Lipinski definition) is 2. The lowest BCUT2D eigenvalue weighted by molar-refractivity contribution is -0.123. The normalized spacial score (nSPS) is 19.1. The molecule has 112 valence electrons. The van der Waals surface area contributed by atoms with Gasteiger partial charge in [0.2, 0.25) is 5.91 Å². The van der Waals surface area contributed by atoms with Crippen LogP contribution in [0.25, 0.3) is 0 Å². The van der Waals surface area contributed by atoms with E-state index >= 15 is 0 Å². The lowest BCUT2D eigenvalue weighted by atomic mass is 10.1. The van der Waals surface area contributed by atoms with Gasteiger partial charge < -0.3 is 15.4 Å². The number of hydrogen-bond acceptors (Lipinski definition) is 3. The SMILES string of the molecule is COc1ccc(F)cc1C(C)NC(=O)[C@@H]1CCCN1.Cl. The highest BCUT2D eigenvalue weighted by molar-refractivity contribution is 5.85. The van der Waals surface area contributed by atoms with E-state index in [-0.39, 0.29) is 36.2 Å². The number of methoxy groups -OCH3 is 1. The summed E-state index contributed by atoms with van der Waals surface area (Å²) in [5, 5.41) is 6.03. The molecule has 1 aliphatic heterocycles. The third kappa shape index (κ3) is 3.84. The summed E-state index contributed by atoms with van der Waals surface area (Å²) in [6.45, 7) is 2.69. The van der Waals surface area contributed by atoms with Crippen LogP contribution < -0.4 is 15.4 Å². The predicted molar refractivity (Wildman–Crippen MR) is 77.8 cm³/mol. The van der Waals surface area contributed by atoms with Crippen LogP contribution in [0.2, 0.25) is 0 Å². The Balaban J connectivity index is 0.00000200. The van der Waals surface area contributed by atoms with E-state index in [1.807, 2.05) is 6.92 Å². The second-order valence-corrected chi connectivity index (χ2v) is 4.77. The Morgan fingerprint density at radius 3 is 2.90 bits per heavy atom. The van der Waals surface area contributed by atoms with Crippen LogP contribution in [0.3, 0.4) is 0 Å². The Labute approximate surface area is 124 Å². The average Bonchev–Trinajstić information content (AvgIpc) is 2.92. The van der Waals surface area contributed by atoms with Gasteiger partial charge in [-0.05, 0) is 44.5 Å². The summed E-state index contributed by atoms with van der Waals surface area (Å²) in [6, 6.07) is 3.88. The van der Waals surface area contributed by atoms with Crippen LogP contribution in [-0.4, -0.2) is 25.6 Å². The maximum Gasteiger partial charge on any atom is 0.237 e. The molecule has 0 aromatic heterocycles. The van der Waals surface area contributed by atoms with E-state index in [0.29, 0.717) is 11.3 Å². The molecule has 0 aliphatic carbocycles. The minimum absolute atomic E-state index is 0. The number of rotatable bonds is 4. The molecule has 0 bridgehead atoms. The summed E-state index contributed by atoms with van der Waals surface area (Å²) in [6.07, 6.45) is 1.86. The second-order valence-electron chi connectivity index (χ2n) is 4.77. The minimum atomic E-state index is -0.337. The molecule has 1 aromatic rings. The van der Waals surface area contributed by atoms with Crippen LogP contribution in [0, 0.1) is 5.82 Å². The highest BCUT2D eigenvalue weighted by atomic mass is 35.5. The molecule has 1 saturated heterocycles. The molecule has 0 radical (unpaired) electrons. The highest BCUT2D eigenvalue weighted by Gasteiger charge is 2.24. The Kier molecular flexibility index (Phi) is 6.23. The maximum absolute atomic E-state index is 13.3. The topological polar surface area (TPSA) is 50.4 Å². The van der Waals surface area contributed by atoms with Gasteiger partial charge in [-0.25, -0.2) is 4.39 Å². The molecule has 20 heavy (non-hydrogen) atoms. The van der Waals surface area contributed by atoms with E-state index in [1.165, 1.54) is 19.2 Å². The molecular formula is C14H20ClFN2O2. The first-order chi connectivity index (χ1) is 9.11. The number of nitrogens with one attached hydrogen (secondary N) is 2. The second kappa shape index (κ2) is 7.45. The van der Waals surface area contributed by atoms with Crippen molar-refractivity contribution in [2.24, 2.45) is 0 Å². The molecule has 1 unspecified atom stereocenters. The van der Waals surface area contributed by atoms with Crippen molar-refractivity contribution in [3.05, 3.63) is 29.6 Å². The van der Waals surface area contributed by atoms with E-state index in [1.54, 1.807) is 6.07 Å². The van der Waals surface area contributed by atoms with Gasteiger partial charge in [-0.2, -0.15) is 0 Å². The van der Waals surface area contributed by atoms with Crippen LogP contribution in [0.15, 0.2) is 18.2 Å². The number of ether oxygens (including phenoxy) is 1. The Bertz CT molecular complexity index is 464. The molecule has 1 amide bonds. The fourth-order valence-corrected chi connectivity index (χ4v) is 2.34. The molecular weight excluding hydrogens is 283 g/mol. The van der Waals surface area contributed by atoms with Gasteiger partial charge in [-0.1, -0.05) is 0 Å². The summed E-state index contributed by atoms with van der Waals surface area (Å²) in [5.41, 5.74) is 0.647. The maximum atomic E-state index is 13.3.